The van der Waals surface area contributed by atoms with Crippen LogP contribution < -0.4 is 5.32 Å². The minimum absolute atomic E-state index is 0.461. The maximum Gasteiger partial charge on any atom is 0.129 e. The minimum atomic E-state index is 0.461. The lowest BCUT2D eigenvalue weighted by Crippen LogP contribution is -2.13. The Labute approximate surface area is 157 Å². The summed E-state index contributed by atoms with van der Waals surface area (Å²) < 4.78 is 0. The van der Waals surface area contributed by atoms with Crippen LogP contribution in [0.15, 0.2) is 29.6 Å². The first-order valence-electron chi connectivity index (χ1n) is 9.47. The smallest absolute Gasteiger partial charge is 0.129 e. The number of hydrogen-bond acceptors (Lipinski definition) is 4. The highest BCUT2D eigenvalue weighted by atomic mass is 32.1. The molecule has 4 heteroatoms. The number of hydrogen-bond donors (Lipinski definition) is 1. The van der Waals surface area contributed by atoms with Gasteiger partial charge in [0.05, 0.1) is 0 Å². The largest absolute Gasteiger partial charge is 0.370 e. The van der Waals surface area contributed by atoms with Gasteiger partial charge in [0.2, 0.25) is 0 Å². The minimum Gasteiger partial charge on any atom is -0.370 e. The van der Waals surface area contributed by atoms with Crippen molar-refractivity contribution in [1.29, 1.82) is 0 Å². The fraction of sp³-hybridized carbons (Fsp3) is 0.571. The maximum absolute atomic E-state index is 4.90. The summed E-state index contributed by atoms with van der Waals surface area (Å²) in [5, 5.41) is 5.75. The lowest BCUT2D eigenvalue weighted by atomic mass is 10.1. The Hall–Kier alpha value is -1.39. The summed E-state index contributed by atoms with van der Waals surface area (Å²) >= 11 is 1.82. The molecule has 0 spiro atoms. The fourth-order valence-corrected chi connectivity index (χ4v) is 3.56. The number of nitrogens with zero attached hydrogens (tertiary/aromatic N) is 2. The predicted molar refractivity (Wildman–Crippen MR) is 111 cm³/mol. The summed E-state index contributed by atoms with van der Waals surface area (Å²) in [6.45, 7) is 6.61. The van der Waals surface area contributed by atoms with Crippen LogP contribution >= 0.6 is 11.3 Å². The van der Waals surface area contributed by atoms with Crippen molar-refractivity contribution >= 4 is 17.2 Å². The molecule has 0 saturated heterocycles. The van der Waals surface area contributed by atoms with Crippen molar-refractivity contribution in [3.63, 3.8) is 0 Å². The highest BCUT2D eigenvalue weighted by Gasteiger charge is 2.09. The fourth-order valence-electron chi connectivity index (χ4n) is 2.83. The number of unbranched alkanes of at least 4 members (excludes halogenated alkanes) is 3. The quantitative estimate of drug-likeness (QED) is 0.545. The lowest BCUT2D eigenvalue weighted by molar-refractivity contribution is 0.391. The van der Waals surface area contributed by atoms with E-state index in [1.165, 1.54) is 48.4 Å². The van der Waals surface area contributed by atoms with Crippen LogP contribution in [0.25, 0.3) is 0 Å². The second kappa shape index (κ2) is 10.6. The molecule has 25 heavy (non-hydrogen) atoms. The summed E-state index contributed by atoms with van der Waals surface area (Å²) in [5.74, 6) is 1.54. The molecular weight excluding hydrogens is 326 g/mol. The average molecular weight is 360 g/mol. The Morgan fingerprint density at radius 1 is 1.08 bits per heavy atom. The summed E-state index contributed by atoms with van der Waals surface area (Å²) in [5.41, 5.74) is 2.47. The predicted octanol–water partition coefficient (Wildman–Crippen LogP) is 5.39. The van der Waals surface area contributed by atoms with E-state index in [1.807, 2.05) is 11.3 Å². The van der Waals surface area contributed by atoms with E-state index in [4.69, 9.17) is 4.98 Å². The Morgan fingerprint density at radius 2 is 1.88 bits per heavy atom. The Morgan fingerprint density at radius 3 is 2.56 bits per heavy atom. The number of anilines is 1. The summed E-state index contributed by atoms with van der Waals surface area (Å²) in [6, 6.07) is 8.76. The molecule has 2 heterocycles. The molecular formula is C21H33N3S. The molecule has 0 aliphatic carbocycles. The normalized spacial score (nSPS) is 11.4. The van der Waals surface area contributed by atoms with Crippen LogP contribution in [0.5, 0.6) is 0 Å². The van der Waals surface area contributed by atoms with E-state index in [1.54, 1.807) is 0 Å². The third-order valence-electron chi connectivity index (χ3n) is 4.36. The van der Waals surface area contributed by atoms with E-state index >= 15 is 0 Å². The van der Waals surface area contributed by atoms with E-state index in [-0.39, 0.29) is 0 Å². The van der Waals surface area contributed by atoms with Gasteiger partial charge in [-0.05, 0) is 62.5 Å². The maximum atomic E-state index is 4.90. The van der Waals surface area contributed by atoms with Crippen molar-refractivity contribution in [2.75, 3.05) is 32.5 Å². The van der Waals surface area contributed by atoms with Gasteiger partial charge >= 0.3 is 0 Å². The topological polar surface area (TPSA) is 28.2 Å². The zero-order valence-corrected chi connectivity index (χ0v) is 17.0. The van der Waals surface area contributed by atoms with Gasteiger partial charge in [-0.25, -0.2) is 4.98 Å². The molecule has 0 aliphatic rings. The van der Waals surface area contributed by atoms with Crippen LogP contribution in [0.2, 0.25) is 0 Å². The van der Waals surface area contributed by atoms with Gasteiger partial charge in [-0.2, -0.15) is 0 Å². The Balaban J connectivity index is 1.88. The van der Waals surface area contributed by atoms with Gasteiger partial charge in [0.1, 0.15) is 5.82 Å². The molecule has 0 aromatic carbocycles. The molecule has 138 valence electrons. The molecule has 3 nitrogen and oxygen atoms in total. The van der Waals surface area contributed by atoms with Gasteiger partial charge in [-0.1, -0.05) is 38.8 Å². The number of rotatable bonds is 11. The molecule has 0 bridgehead atoms. The Kier molecular flexibility index (Phi) is 8.42. The first-order valence-corrected chi connectivity index (χ1v) is 10.3. The van der Waals surface area contributed by atoms with Crippen LogP contribution in [0, 0.1) is 0 Å². The second-order valence-corrected chi connectivity index (χ2v) is 8.33. The van der Waals surface area contributed by atoms with Crippen LogP contribution in [0.1, 0.15) is 61.6 Å². The van der Waals surface area contributed by atoms with Crippen molar-refractivity contribution < 1.29 is 0 Å². The number of nitrogens with one attached hydrogen (secondary N) is 1. The van der Waals surface area contributed by atoms with Crippen LogP contribution in [-0.2, 0) is 6.42 Å². The van der Waals surface area contributed by atoms with E-state index in [9.17, 15) is 0 Å². The molecule has 0 aliphatic heterocycles. The molecule has 0 amide bonds. The highest BCUT2D eigenvalue weighted by molar-refractivity contribution is 7.09. The molecule has 0 fully saturated rings. The van der Waals surface area contributed by atoms with E-state index in [2.05, 4.69) is 67.8 Å². The van der Waals surface area contributed by atoms with E-state index in [0.29, 0.717) is 5.92 Å². The van der Waals surface area contributed by atoms with Crippen molar-refractivity contribution in [1.82, 2.24) is 9.88 Å². The van der Waals surface area contributed by atoms with Crippen LogP contribution in [0.3, 0.4) is 0 Å². The van der Waals surface area contributed by atoms with Crippen LogP contribution in [0.4, 0.5) is 5.82 Å². The summed E-state index contributed by atoms with van der Waals surface area (Å²) in [7, 11) is 4.29. The van der Waals surface area contributed by atoms with Gasteiger partial charge in [0, 0.05) is 23.5 Å². The zero-order valence-electron chi connectivity index (χ0n) is 16.2. The third kappa shape index (κ3) is 7.17. The molecule has 0 saturated carbocycles. The van der Waals surface area contributed by atoms with Crippen LogP contribution in [-0.4, -0.2) is 37.1 Å². The van der Waals surface area contributed by atoms with Gasteiger partial charge in [-0.3, -0.25) is 0 Å². The van der Waals surface area contributed by atoms with Crippen molar-refractivity contribution in [3.8, 4) is 0 Å². The van der Waals surface area contributed by atoms with Crippen molar-refractivity contribution in [2.45, 2.75) is 51.9 Å². The summed E-state index contributed by atoms with van der Waals surface area (Å²) in [4.78, 5) is 8.55. The molecule has 0 radical (unpaired) electrons. The van der Waals surface area contributed by atoms with E-state index < -0.39 is 0 Å². The lowest BCUT2D eigenvalue weighted by Gasteiger charge is -2.14. The van der Waals surface area contributed by atoms with Crippen molar-refractivity contribution in [3.05, 3.63) is 45.8 Å². The molecule has 2 aromatic heterocycles. The van der Waals surface area contributed by atoms with E-state index in [0.717, 1.165) is 18.8 Å². The molecule has 0 unspecified atom stereocenters. The average Bonchev–Trinajstić information content (AvgIpc) is 3.07. The Bertz CT molecular complexity index is 606. The standard InChI is InChI=1S/C21H33N3S/c1-17(2)20-12-11-18(16-19-10-9-15-25-19)21(23-20)22-13-7-5-6-8-14-24(3)4/h9-12,15,17H,5-8,13-14,16H2,1-4H3,(H,22,23). The first kappa shape index (κ1) is 19.9. The number of thiophene rings is 1. The molecule has 2 aromatic rings. The third-order valence-corrected chi connectivity index (χ3v) is 5.24. The monoisotopic (exact) mass is 359 g/mol. The number of pyridine rings is 1. The van der Waals surface area contributed by atoms with Gasteiger partial charge < -0.3 is 10.2 Å². The molecule has 1 N–H and O–H groups in total. The number of aromatic nitrogens is 1. The highest BCUT2D eigenvalue weighted by Crippen LogP contribution is 2.23. The SMILES string of the molecule is CC(C)c1ccc(Cc2cccs2)c(NCCCCCCN(C)C)n1. The molecule has 0 atom stereocenters. The van der Waals surface area contributed by atoms with Crippen molar-refractivity contribution in [2.24, 2.45) is 0 Å². The first-order chi connectivity index (χ1) is 12.1. The summed E-state index contributed by atoms with van der Waals surface area (Å²) in [6.07, 6.45) is 6.05. The zero-order chi connectivity index (χ0) is 18.1. The second-order valence-electron chi connectivity index (χ2n) is 7.30. The van der Waals surface area contributed by atoms with Gasteiger partial charge in [-0.15, -0.1) is 11.3 Å². The molecule has 2 rings (SSSR count). The van der Waals surface area contributed by atoms with Gasteiger partial charge in [0.15, 0.2) is 0 Å². The van der Waals surface area contributed by atoms with Gasteiger partial charge in [0.25, 0.3) is 0 Å².